The summed E-state index contributed by atoms with van der Waals surface area (Å²) in [7, 11) is 0. The van der Waals surface area contributed by atoms with Gasteiger partial charge in [0, 0.05) is 17.5 Å². The second kappa shape index (κ2) is 5.60. The molecule has 2 rings (SSSR count). The van der Waals surface area contributed by atoms with Gasteiger partial charge in [0.2, 0.25) is 0 Å². The SMILES string of the molecule is Cc1cccnc1C(Cc1ccc(Cl)s1)NN. The van der Waals surface area contributed by atoms with E-state index in [2.05, 4.69) is 10.4 Å². The van der Waals surface area contributed by atoms with E-state index in [1.807, 2.05) is 31.2 Å². The summed E-state index contributed by atoms with van der Waals surface area (Å²) in [5, 5.41) is 0. The van der Waals surface area contributed by atoms with Crippen LogP contribution in [-0.4, -0.2) is 4.98 Å². The van der Waals surface area contributed by atoms with Gasteiger partial charge in [0.25, 0.3) is 0 Å². The summed E-state index contributed by atoms with van der Waals surface area (Å²) in [5.74, 6) is 5.61. The highest BCUT2D eigenvalue weighted by Crippen LogP contribution is 2.26. The Morgan fingerprint density at radius 2 is 2.29 bits per heavy atom. The molecule has 2 aromatic heterocycles. The highest BCUT2D eigenvalue weighted by molar-refractivity contribution is 7.16. The highest BCUT2D eigenvalue weighted by atomic mass is 35.5. The summed E-state index contributed by atoms with van der Waals surface area (Å²) in [4.78, 5) is 5.58. The second-order valence-corrected chi connectivity index (χ2v) is 5.63. The van der Waals surface area contributed by atoms with E-state index >= 15 is 0 Å². The van der Waals surface area contributed by atoms with E-state index in [9.17, 15) is 0 Å². The highest BCUT2D eigenvalue weighted by Gasteiger charge is 2.15. The van der Waals surface area contributed by atoms with Gasteiger partial charge in [-0.25, -0.2) is 0 Å². The minimum atomic E-state index is 0.0194. The molecule has 0 bridgehead atoms. The third-order valence-electron chi connectivity index (χ3n) is 2.62. The Kier molecular flexibility index (Phi) is 4.12. The van der Waals surface area contributed by atoms with Crippen molar-refractivity contribution in [2.75, 3.05) is 0 Å². The van der Waals surface area contributed by atoms with Gasteiger partial charge in [-0.15, -0.1) is 11.3 Å². The lowest BCUT2D eigenvalue weighted by Gasteiger charge is -2.16. The number of nitrogens with one attached hydrogen (secondary N) is 1. The van der Waals surface area contributed by atoms with Crippen LogP contribution in [0.1, 0.15) is 22.2 Å². The van der Waals surface area contributed by atoms with E-state index in [1.165, 1.54) is 4.88 Å². The number of nitrogens with zero attached hydrogens (tertiary/aromatic N) is 1. The molecule has 0 aromatic carbocycles. The fraction of sp³-hybridized carbons (Fsp3) is 0.250. The molecule has 3 N–H and O–H groups in total. The summed E-state index contributed by atoms with van der Waals surface area (Å²) in [5.41, 5.74) is 4.94. The normalized spacial score (nSPS) is 12.6. The Morgan fingerprint density at radius 3 is 2.88 bits per heavy atom. The first kappa shape index (κ1) is 12.5. The van der Waals surface area contributed by atoms with Crippen LogP contribution in [0.4, 0.5) is 0 Å². The van der Waals surface area contributed by atoms with Crippen LogP contribution in [0.2, 0.25) is 4.34 Å². The monoisotopic (exact) mass is 267 g/mol. The van der Waals surface area contributed by atoms with Gasteiger partial charge in [-0.1, -0.05) is 17.7 Å². The van der Waals surface area contributed by atoms with Crippen LogP contribution in [0.25, 0.3) is 0 Å². The molecule has 1 atom stereocenters. The fourth-order valence-corrected chi connectivity index (χ4v) is 2.89. The van der Waals surface area contributed by atoms with Gasteiger partial charge >= 0.3 is 0 Å². The molecule has 17 heavy (non-hydrogen) atoms. The first-order valence-electron chi connectivity index (χ1n) is 5.32. The molecule has 0 aliphatic rings. The van der Waals surface area contributed by atoms with Gasteiger partial charge in [0.15, 0.2) is 0 Å². The zero-order valence-electron chi connectivity index (χ0n) is 9.48. The molecule has 0 fully saturated rings. The maximum atomic E-state index is 5.92. The van der Waals surface area contributed by atoms with E-state index in [1.54, 1.807) is 17.5 Å². The Balaban J connectivity index is 2.20. The molecule has 0 saturated carbocycles. The maximum absolute atomic E-state index is 5.92. The van der Waals surface area contributed by atoms with Crippen molar-refractivity contribution in [1.29, 1.82) is 0 Å². The Bertz CT molecular complexity index is 498. The Morgan fingerprint density at radius 1 is 1.47 bits per heavy atom. The van der Waals surface area contributed by atoms with E-state index in [4.69, 9.17) is 17.4 Å². The number of hydrazine groups is 1. The van der Waals surface area contributed by atoms with E-state index in [0.717, 1.165) is 22.0 Å². The minimum absolute atomic E-state index is 0.0194. The summed E-state index contributed by atoms with van der Waals surface area (Å²) >= 11 is 7.49. The number of halogens is 1. The second-order valence-electron chi connectivity index (χ2n) is 3.83. The van der Waals surface area contributed by atoms with Crippen LogP contribution in [0, 0.1) is 6.92 Å². The molecule has 0 aliphatic heterocycles. The van der Waals surface area contributed by atoms with Gasteiger partial charge in [-0.3, -0.25) is 16.3 Å². The number of thiophene rings is 1. The summed E-state index contributed by atoms with van der Waals surface area (Å²) in [6.07, 6.45) is 2.58. The van der Waals surface area contributed by atoms with Crippen LogP contribution in [0.15, 0.2) is 30.5 Å². The number of pyridine rings is 1. The van der Waals surface area contributed by atoms with Crippen molar-refractivity contribution >= 4 is 22.9 Å². The average Bonchev–Trinajstić information content (AvgIpc) is 2.73. The molecular weight excluding hydrogens is 254 g/mol. The lowest BCUT2D eigenvalue weighted by Crippen LogP contribution is -2.30. The number of hydrogen-bond acceptors (Lipinski definition) is 4. The lowest BCUT2D eigenvalue weighted by atomic mass is 10.1. The maximum Gasteiger partial charge on any atom is 0.0931 e. The number of rotatable bonds is 4. The van der Waals surface area contributed by atoms with Crippen molar-refractivity contribution in [3.05, 3.63) is 50.9 Å². The topological polar surface area (TPSA) is 50.9 Å². The fourth-order valence-electron chi connectivity index (χ4n) is 1.76. The Hall–Kier alpha value is -0.940. The van der Waals surface area contributed by atoms with E-state index in [-0.39, 0.29) is 6.04 Å². The molecule has 0 spiro atoms. The van der Waals surface area contributed by atoms with Crippen molar-refractivity contribution in [2.24, 2.45) is 5.84 Å². The van der Waals surface area contributed by atoms with Crippen LogP contribution >= 0.6 is 22.9 Å². The van der Waals surface area contributed by atoms with Crippen molar-refractivity contribution in [3.8, 4) is 0 Å². The third kappa shape index (κ3) is 3.04. The van der Waals surface area contributed by atoms with Gasteiger partial charge in [-0.05, 0) is 30.7 Å². The van der Waals surface area contributed by atoms with E-state index < -0.39 is 0 Å². The van der Waals surface area contributed by atoms with Gasteiger partial charge in [0.05, 0.1) is 16.1 Å². The molecule has 1 unspecified atom stereocenters. The van der Waals surface area contributed by atoms with Crippen molar-refractivity contribution in [1.82, 2.24) is 10.4 Å². The average molecular weight is 268 g/mol. The third-order valence-corrected chi connectivity index (χ3v) is 3.87. The van der Waals surface area contributed by atoms with E-state index in [0.29, 0.717) is 0 Å². The predicted octanol–water partition coefficient (Wildman–Crippen LogP) is 2.85. The zero-order valence-corrected chi connectivity index (χ0v) is 11.1. The Labute approximate surface area is 110 Å². The van der Waals surface area contributed by atoms with Crippen LogP contribution in [0.5, 0.6) is 0 Å². The molecule has 0 radical (unpaired) electrons. The predicted molar refractivity (Wildman–Crippen MR) is 72.1 cm³/mol. The summed E-state index contributed by atoms with van der Waals surface area (Å²) in [6.45, 7) is 2.04. The quantitative estimate of drug-likeness (QED) is 0.662. The first-order valence-corrected chi connectivity index (χ1v) is 6.52. The zero-order chi connectivity index (χ0) is 12.3. The number of hydrogen-bond donors (Lipinski definition) is 2. The number of aromatic nitrogens is 1. The molecule has 2 heterocycles. The lowest BCUT2D eigenvalue weighted by molar-refractivity contribution is 0.539. The smallest absolute Gasteiger partial charge is 0.0931 e. The standard InChI is InChI=1S/C12H14ClN3S/c1-8-3-2-6-15-12(8)10(16-14)7-9-4-5-11(13)17-9/h2-6,10,16H,7,14H2,1H3. The summed E-state index contributed by atoms with van der Waals surface area (Å²) < 4.78 is 0.800. The molecule has 5 heteroatoms. The van der Waals surface area contributed by atoms with Crippen molar-refractivity contribution in [3.63, 3.8) is 0 Å². The van der Waals surface area contributed by atoms with Crippen molar-refractivity contribution in [2.45, 2.75) is 19.4 Å². The molecule has 0 saturated heterocycles. The van der Waals surface area contributed by atoms with Crippen LogP contribution < -0.4 is 11.3 Å². The molecule has 2 aromatic rings. The summed E-state index contributed by atoms with van der Waals surface area (Å²) in [6, 6.07) is 7.91. The van der Waals surface area contributed by atoms with Gasteiger partial charge in [0.1, 0.15) is 0 Å². The minimum Gasteiger partial charge on any atom is -0.271 e. The first-order chi connectivity index (χ1) is 8.20. The largest absolute Gasteiger partial charge is 0.271 e. The molecule has 0 aliphatic carbocycles. The molecule has 90 valence electrons. The van der Waals surface area contributed by atoms with Crippen LogP contribution in [-0.2, 0) is 6.42 Å². The molecular formula is C12H14ClN3S. The molecule has 3 nitrogen and oxygen atoms in total. The van der Waals surface area contributed by atoms with Crippen LogP contribution in [0.3, 0.4) is 0 Å². The van der Waals surface area contributed by atoms with Gasteiger partial charge < -0.3 is 0 Å². The molecule has 0 amide bonds. The van der Waals surface area contributed by atoms with Crippen molar-refractivity contribution < 1.29 is 0 Å². The number of aryl methyl sites for hydroxylation is 1. The number of nitrogens with two attached hydrogens (primary N) is 1. The van der Waals surface area contributed by atoms with Gasteiger partial charge in [-0.2, -0.15) is 0 Å².